The van der Waals surface area contributed by atoms with Crippen LogP contribution in [0.15, 0.2) is 89.9 Å². The van der Waals surface area contributed by atoms with Crippen LogP contribution in [-0.4, -0.2) is 16.8 Å². The number of para-hydroxylation sites is 1. The van der Waals surface area contributed by atoms with E-state index in [1.165, 1.54) is 22.5 Å². The quantitative estimate of drug-likeness (QED) is 0.545. The Morgan fingerprint density at radius 3 is 1.89 bits per heavy atom. The molecule has 2 nitrogen and oxygen atoms in total. The summed E-state index contributed by atoms with van der Waals surface area (Å²) in [7, 11) is 0. The Bertz CT molecular complexity index is 981. The Hall–Kier alpha value is -2.87. The van der Waals surface area contributed by atoms with Crippen LogP contribution in [0.25, 0.3) is 0 Å². The summed E-state index contributed by atoms with van der Waals surface area (Å²) in [4.78, 5) is 7.81. The Kier molecular flexibility index (Phi) is 3.90. The van der Waals surface area contributed by atoms with E-state index in [-0.39, 0.29) is 5.41 Å². The lowest BCUT2D eigenvalue weighted by atomic mass is 9.57. The lowest BCUT2D eigenvalue weighted by Crippen LogP contribution is -2.74. The lowest BCUT2D eigenvalue weighted by molar-refractivity contribution is 0.0837. The molecule has 2 aliphatic rings. The second-order valence-corrected chi connectivity index (χ2v) is 8.31. The highest BCUT2D eigenvalue weighted by atomic mass is 15.3. The molecule has 0 bridgehead atoms. The van der Waals surface area contributed by atoms with E-state index in [1.807, 2.05) is 0 Å². The van der Waals surface area contributed by atoms with Crippen molar-refractivity contribution in [1.82, 2.24) is 4.90 Å². The van der Waals surface area contributed by atoms with Crippen molar-refractivity contribution in [2.24, 2.45) is 10.9 Å². The van der Waals surface area contributed by atoms with Crippen LogP contribution < -0.4 is 0 Å². The zero-order valence-corrected chi connectivity index (χ0v) is 16.7. The fourth-order valence-corrected chi connectivity index (χ4v) is 5.38. The first-order chi connectivity index (χ1) is 13.7. The summed E-state index contributed by atoms with van der Waals surface area (Å²) in [5, 5.41) is 0. The van der Waals surface area contributed by atoms with Crippen molar-refractivity contribution in [3.05, 3.63) is 102 Å². The third-order valence-electron chi connectivity index (χ3n) is 6.46. The van der Waals surface area contributed by atoms with Crippen molar-refractivity contribution in [2.45, 2.75) is 38.3 Å². The van der Waals surface area contributed by atoms with Crippen molar-refractivity contribution in [1.29, 1.82) is 0 Å². The van der Waals surface area contributed by atoms with E-state index >= 15 is 0 Å². The molecule has 0 saturated carbocycles. The molecule has 0 N–H and O–H groups in total. The predicted molar refractivity (Wildman–Crippen MR) is 116 cm³/mol. The van der Waals surface area contributed by atoms with Crippen LogP contribution in [0.1, 0.15) is 43.5 Å². The van der Waals surface area contributed by atoms with Crippen LogP contribution in [0.5, 0.6) is 0 Å². The van der Waals surface area contributed by atoms with Crippen molar-refractivity contribution in [3.8, 4) is 0 Å². The maximum Gasteiger partial charge on any atom is 0.123 e. The second-order valence-electron chi connectivity index (χ2n) is 8.31. The molecule has 2 heteroatoms. The molecule has 3 aromatic rings. The van der Waals surface area contributed by atoms with Gasteiger partial charge in [0.15, 0.2) is 0 Å². The van der Waals surface area contributed by atoms with Gasteiger partial charge in [0, 0.05) is 5.56 Å². The fraction of sp³-hybridized carbons (Fsp3) is 0.269. The number of rotatable bonds is 3. The molecule has 0 aromatic heterocycles. The third kappa shape index (κ3) is 2.18. The molecule has 1 fully saturated rings. The van der Waals surface area contributed by atoms with E-state index < -0.39 is 0 Å². The van der Waals surface area contributed by atoms with Crippen LogP contribution in [0.2, 0.25) is 0 Å². The molecular weight excluding hydrogens is 340 g/mol. The highest BCUT2D eigenvalue weighted by Gasteiger charge is 2.63. The van der Waals surface area contributed by atoms with Gasteiger partial charge in [0.05, 0.1) is 23.2 Å². The van der Waals surface area contributed by atoms with Gasteiger partial charge in [0.1, 0.15) is 5.84 Å². The van der Waals surface area contributed by atoms with Crippen LogP contribution >= 0.6 is 0 Å². The molecule has 5 rings (SSSR count). The van der Waals surface area contributed by atoms with Crippen LogP contribution in [0.3, 0.4) is 0 Å². The van der Waals surface area contributed by atoms with Gasteiger partial charge in [-0.3, -0.25) is 0 Å². The number of fused-ring (bicyclic) bond motifs is 2. The minimum atomic E-state index is -0.210. The number of hydrogen-bond donors (Lipinski definition) is 0. The van der Waals surface area contributed by atoms with Crippen LogP contribution in [-0.2, 0) is 5.41 Å². The van der Waals surface area contributed by atoms with E-state index in [9.17, 15) is 0 Å². The Labute approximate surface area is 167 Å². The first kappa shape index (κ1) is 17.2. The second kappa shape index (κ2) is 6.34. The minimum absolute atomic E-state index is 0.210. The van der Waals surface area contributed by atoms with Crippen LogP contribution in [0.4, 0.5) is 5.69 Å². The molecule has 1 saturated heterocycles. The zero-order chi connectivity index (χ0) is 19.3. The molecule has 3 aromatic carbocycles. The van der Waals surface area contributed by atoms with Gasteiger partial charge < -0.3 is 4.90 Å². The molecular formula is C26H26N2. The number of nitrogens with zero attached hydrogens (tertiary/aromatic N) is 2. The van der Waals surface area contributed by atoms with Gasteiger partial charge in [-0.25, -0.2) is 4.99 Å². The Morgan fingerprint density at radius 1 is 0.786 bits per heavy atom. The molecule has 0 amide bonds. The number of hydrogen-bond acceptors (Lipinski definition) is 2. The van der Waals surface area contributed by atoms with E-state index in [2.05, 4.69) is 111 Å². The molecule has 28 heavy (non-hydrogen) atoms. The summed E-state index contributed by atoms with van der Waals surface area (Å²) in [5.74, 6) is 1.68. The average Bonchev–Trinajstić information content (AvgIpc) is 2.72. The zero-order valence-electron chi connectivity index (χ0n) is 16.7. The molecule has 0 spiro atoms. The van der Waals surface area contributed by atoms with Crippen molar-refractivity contribution < 1.29 is 0 Å². The summed E-state index contributed by atoms with van der Waals surface area (Å²) >= 11 is 0. The van der Waals surface area contributed by atoms with Crippen molar-refractivity contribution >= 4 is 11.5 Å². The summed E-state index contributed by atoms with van der Waals surface area (Å²) in [6.45, 7) is 7.01. The van der Waals surface area contributed by atoms with Gasteiger partial charge in [0.2, 0.25) is 0 Å². The standard InChI is InChI=1S/C26H26N2/c1-18(2)24-26(20-12-6-4-7-13-20,21-14-8-5-9-15-21)25-27-23-17-11-10-16-22(23)19(3)28(24)25/h4-19,24H,1-3H3/t19-,24+/m0/s1. The number of amidine groups is 1. The Morgan fingerprint density at radius 2 is 1.32 bits per heavy atom. The highest BCUT2D eigenvalue weighted by Crippen LogP contribution is 2.56. The molecule has 0 radical (unpaired) electrons. The van der Waals surface area contributed by atoms with Gasteiger partial charge in [-0.1, -0.05) is 92.7 Å². The summed E-state index contributed by atoms with van der Waals surface area (Å²) in [5.41, 5.74) is 4.90. The lowest BCUT2D eigenvalue weighted by Gasteiger charge is -2.64. The molecule has 2 aliphatic heterocycles. The van der Waals surface area contributed by atoms with Crippen molar-refractivity contribution in [3.63, 3.8) is 0 Å². The van der Waals surface area contributed by atoms with Gasteiger partial charge >= 0.3 is 0 Å². The largest absolute Gasteiger partial charge is 0.347 e. The van der Waals surface area contributed by atoms with E-state index in [0.717, 1.165) is 5.69 Å². The fourth-order valence-electron chi connectivity index (χ4n) is 5.38. The summed E-state index contributed by atoms with van der Waals surface area (Å²) in [6.07, 6.45) is 0. The maximum atomic E-state index is 5.25. The van der Waals surface area contributed by atoms with E-state index in [4.69, 9.17) is 4.99 Å². The van der Waals surface area contributed by atoms with Gasteiger partial charge in [0.25, 0.3) is 0 Å². The van der Waals surface area contributed by atoms with E-state index in [1.54, 1.807) is 0 Å². The summed E-state index contributed by atoms with van der Waals surface area (Å²) in [6, 6.07) is 31.2. The van der Waals surface area contributed by atoms with Crippen LogP contribution in [0, 0.1) is 5.92 Å². The third-order valence-corrected chi connectivity index (χ3v) is 6.46. The maximum absolute atomic E-state index is 5.25. The van der Waals surface area contributed by atoms with Gasteiger partial charge in [-0.05, 0) is 30.0 Å². The predicted octanol–water partition coefficient (Wildman–Crippen LogP) is 6.12. The molecule has 0 unspecified atom stereocenters. The van der Waals surface area contributed by atoms with Gasteiger partial charge in [-0.2, -0.15) is 0 Å². The minimum Gasteiger partial charge on any atom is -0.347 e. The smallest absolute Gasteiger partial charge is 0.123 e. The van der Waals surface area contributed by atoms with Crippen molar-refractivity contribution in [2.75, 3.05) is 0 Å². The summed E-state index contributed by atoms with van der Waals surface area (Å²) < 4.78 is 0. The molecule has 2 atom stereocenters. The number of benzene rings is 3. The van der Waals surface area contributed by atoms with Gasteiger partial charge in [-0.15, -0.1) is 0 Å². The Balaban J connectivity index is 1.82. The molecule has 2 heterocycles. The first-order valence-electron chi connectivity index (χ1n) is 10.2. The highest BCUT2D eigenvalue weighted by molar-refractivity contribution is 6.06. The molecule has 0 aliphatic carbocycles. The number of aliphatic imine (C=N–C) groups is 1. The average molecular weight is 367 g/mol. The normalized spacial score (nSPS) is 22.1. The monoisotopic (exact) mass is 366 g/mol. The topological polar surface area (TPSA) is 15.6 Å². The SMILES string of the molecule is CC(C)[C@H]1N2C(=Nc3ccccc3[C@@H]2C)C1(c1ccccc1)c1ccccc1. The first-order valence-corrected chi connectivity index (χ1v) is 10.2. The van der Waals surface area contributed by atoms with E-state index in [0.29, 0.717) is 18.0 Å². The molecule has 140 valence electrons.